The zero-order chi connectivity index (χ0) is 64.6. The highest BCUT2D eigenvalue weighted by Gasteiger charge is 2.39. The second kappa shape index (κ2) is 33.7. The van der Waals surface area contributed by atoms with Crippen molar-refractivity contribution in [1.82, 2.24) is 73.9 Å². The molecule has 0 spiro atoms. The van der Waals surface area contributed by atoms with Gasteiger partial charge in [-0.2, -0.15) is 0 Å². The van der Waals surface area contributed by atoms with Crippen molar-refractivity contribution in [3.8, 4) is 5.75 Å². The molecule has 1 aromatic heterocycles. The number of nitrogens with zero attached hydrogens (tertiary/aromatic N) is 1. The van der Waals surface area contributed by atoms with Crippen LogP contribution in [0.3, 0.4) is 0 Å². The molecule has 476 valence electrons. The molecule has 1 saturated heterocycles. The van der Waals surface area contributed by atoms with Crippen LogP contribution in [0.5, 0.6) is 5.75 Å². The number of hydrazine groups is 1. The average Bonchev–Trinajstić information content (AvgIpc) is 3.99. The lowest BCUT2D eigenvalue weighted by atomic mass is 10.0. The molecule has 12 amide bonds. The Kier molecular flexibility index (Phi) is 26.4. The topological polar surface area (TPSA) is 468 Å². The summed E-state index contributed by atoms with van der Waals surface area (Å²) in [5.41, 5.74) is 18.3. The molecule has 0 radical (unpaired) electrons. The first-order valence-electron chi connectivity index (χ1n) is 28.6. The third kappa shape index (κ3) is 21.6. The van der Waals surface area contributed by atoms with Crippen molar-refractivity contribution >= 4 is 82.0 Å². The Morgan fingerprint density at radius 3 is 1.95 bits per heavy atom. The van der Waals surface area contributed by atoms with E-state index in [1.165, 1.54) is 24.0 Å². The number of guanidine groups is 1. The number of carbonyl (C=O) groups is 11. The van der Waals surface area contributed by atoms with Gasteiger partial charge in [0.25, 0.3) is 5.91 Å². The maximum atomic E-state index is 14.1. The molecule has 1 fully saturated rings. The first-order chi connectivity index (χ1) is 41.8. The molecular weight excluding hydrogens is 1140 g/mol. The number of aliphatic hydroxyl groups is 1. The van der Waals surface area contributed by atoms with E-state index in [1.54, 1.807) is 69.6 Å². The number of aliphatic hydroxyl groups excluding tert-OH is 1. The van der Waals surface area contributed by atoms with E-state index in [4.69, 9.17) is 16.9 Å². The number of phenols is 1. The van der Waals surface area contributed by atoms with Crippen LogP contribution in [-0.4, -0.2) is 179 Å². The number of nitrogens with two attached hydrogens (primary N) is 2. The highest BCUT2D eigenvalue weighted by Crippen LogP contribution is 2.20. The Hall–Kier alpha value is -9.84. The molecule has 0 aliphatic carbocycles. The Labute approximate surface area is 507 Å². The van der Waals surface area contributed by atoms with Crippen molar-refractivity contribution < 1.29 is 63.0 Å². The number of amides is 12. The highest BCUT2D eigenvalue weighted by molar-refractivity contribution is 5.99. The van der Waals surface area contributed by atoms with Crippen LogP contribution in [0, 0.1) is 11.3 Å². The van der Waals surface area contributed by atoms with Crippen molar-refractivity contribution in [3.63, 3.8) is 0 Å². The summed E-state index contributed by atoms with van der Waals surface area (Å²) >= 11 is 0. The number of hydrogen-bond acceptors (Lipinski definition) is 15. The number of aromatic amines is 1. The number of phenolic OH excluding ortho intramolecular Hbond substituents is 1. The molecule has 30 nitrogen and oxygen atoms in total. The van der Waals surface area contributed by atoms with Gasteiger partial charge in [-0.15, -0.1) is 0 Å². The van der Waals surface area contributed by atoms with Gasteiger partial charge in [-0.05, 0) is 67.0 Å². The molecule has 2 heterocycles. The molecule has 0 saturated carbocycles. The Bertz CT molecular complexity index is 3110. The Morgan fingerprint density at radius 2 is 1.31 bits per heavy atom. The van der Waals surface area contributed by atoms with Crippen LogP contribution in [0.4, 0.5) is 4.79 Å². The third-order valence-corrected chi connectivity index (χ3v) is 14.1. The lowest BCUT2D eigenvalue weighted by Crippen LogP contribution is -2.65. The van der Waals surface area contributed by atoms with Crippen molar-refractivity contribution in [2.75, 3.05) is 33.2 Å². The minimum atomic E-state index is -1.87. The maximum absolute atomic E-state index is 14.1. The van der Waals surface area contributed by atoms with Crippen molar-refractivity contribution in [2.45, 2.75) is 127 Å². The summed E-state index contributed by atoms with van der Waals surface area (Å²) in [5, 5.41) is 55.5. The lowest BCUT2D eigenvalue weighted by Gasteiger charge is -2.38. The normalized spacial score (nSPS) is 15.6. The van der Waals surface area contributed by atoms with Crippen LogP contribution in [0.25, 0.3) is 10.9 Å². The van der Waals surface area contributed by atoms with Crippen LogP contribution < -0.4 is 75.5 Å². The molecule has 3 aromatic carbocycles. The van der Waals surface area contributed by atoms with Gasteiger partial charge in [0.05, 0.1) is 12.5 Å². The smallest absolute Gasteiger partial charge is 0.334 e. The summed E-state index contributed by atoms with van der Waals surface area (Å²) in [6.07, 6.45) is -0.753. The number of piperazine rings is 1. The van der Waals surface area contributed by atoms with Crippen LogP contribution in [0.15, 0.2) is 85.1 Å². The SMILES string of the molecule is CNC(=N)NCCC[C@H](NC(=O)[C@H](CC(C)C)NC(=O)NNC(=O)[C@H](Cc1ccccc1)NC(=O)[C@@H](NC(=O)[C@H](CC(N)=O)NC(=O)[C@@H]1CNCCN1C(=O)[C@@H](Cc1ccc(O)cc1)NC(C)=O)[C@@H](C)O)C(=O)N[C@@H](Cc1c[nH]c2ccccc12)C(N)=O. The van der Waals surface area contributed by atoms with Crippen molar-refractivity contribution in [3.05, 3.63) is 102 Å². The highest BCUT2D eigenvalue weighted by atomic mass is 16.3. The van der Waals surface area contributed by atoms with Gasteiger partial charge in [0.1, 0.15) is 54.1 Å². The third-order valence-electron chi connectivity index (χ3n) is 14.1. The van der Waals surface area contributed by atoms with Gasteiger partial charge in [0, 0.05) is 76.5 Å². The molecule has 20 N–H and O–H groups in total. The van der Waals surface area contributed by atoms with Gasteiger partial charge < -0.3 is 84.7 Å². The average molecular weight is 1220 g/mol. The van der Waals surface area contributed by atoms with E-state index in [2.05, 4.69) is 69.0 Å². The number of nitrogens with one attached hydrogen (secondary N) is 14. The minimum absolute atomic E-state index is 0.00436. The van der Waals surface area contributed by atoms with E-state index in [0.29, 0.717) is 16.7 Å². The molecule has 30 heteroatoms. The van der Waals surface area contributed by atoms with Crippen LogP contribution >= 0.6 is 0 Å². The van der Waals surface area contributed by atoms with E-state index >= 15 is 0 Å². The molecule has 1 aliphatic rings. The fraction of sp³-hybridized carbons (Fsp3) is 0.448. The van der Waals surface area contributed by atoms with E-state index in [9.17, 15) is 63.0 Å². The van der Waals surface area contributed by atoms with Crippen LogP contribution in [0.1, 0.15) is 70.1 Å². The maximum Gasteiger partial charge on any atom is 0.334 e. The van der Waals surface area contributed by atoms with Crippen LogP contribution in [0.2, 0.25) is 0 Å². The molecule has 9 atom stereocenters. The molecule has 4 aromatic rings. The van der Waals surface area contributed by atoms with Gasteiger partial charge in [0.2, 0.25) is 53.2 Å². The Balaban J connectivity index is 1.27. The number of hydrogen-bond donors (Lipinski definition) is 18. The molecular formula is C58H81N17O13. The van der Waals surface area contributed by atoms with Gasteiger partial charge in [-0.3, -0.25) is 58.8 Å². The number of benzene rings is 3. The van der Waals surface area contributed by atoms with Gasteiger partial charge in [0.15, 0.2) is 5.96 Å². The number of fused-ring (bicyclic) bond motifs is 1. The van der Waals surface area contributed by atoms with Crippen LogP contribution in [-0.2, 0) is 67.2 Å². The monoisotopic (exact) mass is 1220 g/mol. The standard InChI is InChI=1S/C58H81N17O13/c1-31(2)24-42(51(82)67-40(16-11-21-64-57(61)62-5)50(81)68-41(49(60)80)27-36-29-65-39-15-10-9-14-38(36)39)71-58(88)74-73-53(84)43(25-34-12-7-6-8-13-34)70-55(86)48(32(3)76)72-52(83)44(28-47(59)79)69-54(85)46-30-63-22-23-75(46)56(87)45(66-33(4)77)26-35-17-19-37(78)20-18-35/h6-10,12-15,17-20,29,31-32,40-46,48,63,65,76,78H,11,16,21-28,30H2,1-5H3,(H2,59,79)(H2,60,80)(H,66,77)(H,67,82)(H,68,81)(H,69,85)(H,70,86)(H,72,83)(H,73,84)(H3,61,62,64)(H2,71,74,88)/t32-,40+,41+,42+,43+,44+,45-,46+,48+/m1/s1. The van der Waals surface area contributed by atoms with Crippen molar-refractivity contribution in [1.29, 1.82) is 5.41 Å². The number of carbonyl (C=O) groups excluding carboxylic acids is 11. The summed E-state index contributed by atoms with van der Waals surface area (Å²) in [6.45, 7) is 6.21. The predicted molar refractivity (Wildman–Crippen MR) is 321 cm³/mol. The summed E-state index contributed by atoms with van der Waals surface area (Å²) in [5.74, 6) is -9.15. The zero-order valence-corrected chi connectivity index (χ0v) is 49.6. The summed E-state index contributed by atoms with van der Waals surface area (Å²) in [7, 11) is 1.54. The number of urea groups is 1. The predicted octanol–water partition coefficient (Wildman–Crippen LogP) is -3.36. The molecule has 0 bridgehead atoms. The fourth-order valence-electron chi connectivity index (χ4n) is 9.64. The quantitative estimate of drug-likeness (QED) is 0.0105. The van der Waals surface area contributed by atoms with E-state index in [1.807, 2.05) is 24.3 Å². The summed E-state index contributed by atoms with van der Waals surface area (Å²) < 4.78 is 0. The largest absolute Gasteiger partial charge is 0.508 e. The number of H-pyrrole nitrogens is 1. The number of primary amides is 2. The number of aromatic hydroxyl groups is 1. The second-order valence-corrected chi connectivity index (χ2v) is 21.6. The molecule has 88 heavy (non-hydrogen) atoms. The van der Waals surface area contributed by atoms with Gasteiger partial charge in [-0.25, -0.2) is 10.2 Å². The van der Waals surface area contributed by atoms with E-state index in [-0.39, 0.29) is 82.3 Å². The second-order valence-electron chi connectivity index (χ2n) is 21.6. The Morgan fingerprint density at radius 1 is 0.682 bits per heavy atom. The summed E-state index contributed by atoms with van der Waals surface area (Å²) in [4.78, 5) is 154. The number of rotatable bonds is 30. The minimum Gasteiger partial charge on any atom is -0.508 e. The zero-order valence-electron chi connectivity index (χ0n) is 49.6. The molecule has 0 unspecified atom stereocenters. The van der Waals surface area contributed by atoms with Gasteiger partial charge in [-0.1, -0.05) is 74.5 Å². The van der Waals surface area contributed by atoms with E-state index in [0.717, 1.165) is 17.8 Å². The van der Waals surface area contributed by atoms with E-state index < -0.39 is 126 Å². The fourth-order valence-corrected chi connectivity index (χ4v) is 9.64. The first-order valence-corrected chi connectivity index (χ1v) is 28.6. The molecule has 1 aliphatic heterocycles. The number of para-hydroxylation sites is 1. The molecule has 5 rings (SSSR count). The number of aromatic nitrogens is 1. The first kappa shape index (κ1) is 68.9. The van der Waals surface area contributed by atoms with Gasteiger partial charge >= 0.3 is 6.03 Å². The lowest BCUT2D eigenvalue weighted by molar-refractivity contribution is -0.145. The summed E-state index contributed by atoms with van der Waals surface area (Å²) in [6, 6.07) is 8.99. The van der Waals surface area contributed by atoms with Crippen molar-refractivity contribution in [2.24, 2.45) is 17.4 Å².